The average molecular weight is 195 g/mol. The molecule has 0 spiro atoms. The first-order chi connectivity index (χ1) is 6.16. The van der Waals surface area contributed by atoms with Gasteiger partial charge in [-0.1, -0.05) is 0 Å². The number of aromatic nitrogens is 4. The standard InChI is InChI=1S/C8H7ClN4/c1-4-7-6(13-8(9)11-4)3-10-5(2)12-7/h3H,1-2H3. The summed E-state index contributed by atoms with van der Waals surface area (Å²) in [4.78, 5) is 16.3. The third-order valence-corrected chi connectivity index (χ3v) is 1.87. The lowest BCUT2D eigenvalue weighted by atomic mass is 10.3. The summed E-state index contributed by atoms with van der Waals surface area (Å²) in [6.45, 7) is 3.68. The molecule has 0 fully saturated rings. The van der Waals surface area contributed by atoms with E-state index in [0.29, 0.717) is 11.3 Å². The van der Waals surface area contributed by atoms with E-state index < -0.39 is 0 Å². The molecule has 2 aromatic heterocycles. The van der Waals surface area contributed by atoms with E-state index in [4.69, 9.17) is 11.6 Å². The third-order valence-electron chi connectivity index (χ3n) is 1.71. The maximum atomic E-state index is 5.69. The minimum absolute atomic E-state index is 0.234. The maximum Gasteiger partial charge on any atom is 0.223 e. The largest absolute Gasteiger partial charge is 0.239 e. The number of halogens is 1. The summed E-state index contributed by atoms with van der Waals surface area (Å²) in [6, 6.07) is 0. The minimum atomic E-state index is 0.234. The second-order valence-corrected chi connectivity index (χ2v) is 3.07. The van der Waals surface area contributed by atoms with E-state index in [-0.39, 0.29) is 5.28 Å². The highest BCUT2D eigenvalue weighted by atomic mass is 35.5. The fourth-order valence-corrected chi connectivity index (χ4v) is 1.35. The van der Waals surface area contributed by atoms with Gasteiger partial charge in [-0.3, -0.25) is 0 Å². The highest BCUT2D eigenvalue weighted by molar-refractivity contribution is 6.28. The molecule has 0 radical (unpaired) electrons. The molecule has 0 N–H and O–H groups in total. The van der Waals surface area contributed by atoms with Crippen molar-refractivity contribution in [3.8, 4) is 0 Å². The fourth-order valence-electron chi connectivity index (χ4n) is 1.13. The van der Waals surface area contributed by atoms with Crippen molar-refractivity contribution < 1.29 is 0 Å². The average Bonchev–Trinajstić information content (AvgIpc) is 2.06. The number of hydrogen-bond acceptors (Lipinski definition) is 4. The van der Waals surface area contributed by atoms with Crippen molar-refractivity contribution >= 4 is 22.6 Å². The number of rotatable bonds is 0. The summed E-state index contributed by atoms with van der Waals surface area (Å²) in [5, 5.41) is 0.234. The molecule has 0 bridgehead atoms. The topological polar surface area (TPSA) is 51.6 Å². The van der Waals surface area contributed by atoms with E-state index in [1.807, 2.05) is 13.8 Å². The molecule has 0 saturated heterocycles. The van der Waals surface area contributed by atoms with Crippen LogP contribution in [-0.2, 0) is 0 Å². The van der Waals surface area contributed by atoms with Gasteiger partial charge >= 0.3 is 0 Å². The quantitative estimate of drug-likeness (QED) is 0.599. The van der Waals surface area contributed by atoms with Crippen LogP contribution >= 0.6 is 11.6 Å². The molecule has 0 aliphatic rings. The van der Waals surface area contributed by atoms with Gasteiger partial charge in [0.2, 0.25) is 5.28 Å². The molecule has 0 saturated carbocycles. The van der Waals surface area contributed by atoms with Gasteiger partial charge in [0, 0.05) is 0 Å². The highest BCUT2D eigenvalue weighted by Crippen LogP contribution is 2.13. The smallest absolute Gasteiger partial charge is 0.223 e. The molecule has 66 valence electrons. The summed E-state index contributed by atoms with van der Waals surface area (Å²) in [5.41, 5.74) is 2.22. The first-order valence-corrected chi connectivity index (χ1v) is 4.18. The van der Waals surface area contributed by atoms with Crippen LogP contribution in [0.2, 0.25) is 5.28 Å². The third kappa shape index (κ3) is 1.45. The van der Waals surface area contributed by atoms with Crippen molar-refractivity contribution in [3.05, 3.63) is 23.0 Å². The summed E-state index contributed by atoms with van der Waals surface area (Å²) < 4.78 is 0. The van der Waals surface area contributed by atoms with Gasteiger partial charge in [0.15, 0.2) is 0 Å². The van der Waals surface area contributed by atoms with E-state index >= 15 is 0 Å². The van der Waals surface area contributed by atoms with Crippen molar-refractivity contribution in [2.24, 2.45) is 0 Å². The first kappa shape index (κ1) is 8.31. The van der Waals surface area contributed by atoms with E-state index in [1.54, 1.807) is 6.20 Å². The minimum Gasteiger partial charge on any atom is -0.239 e. The predicted octanol–water partition coefficient (Wildman–Crippen LogP) is 1.69. The molecule has 0 unspecified atom stereocenters. The van der Waals surface area contributed by atoms with Crippen molar-refractivity contribution in [1.82, 2.24) is 19.9 Å². The fraction of sp³-hybridized carbons (Fsp3) is 0.250. The van der Waals surface area contributed by atoms with Crippen LogP contribution in [0.15, 0.2) is 6.20 Å². The Hall–Kier alpha value is -1.29. The van der Waals surface area contributed by atoms with Gasteiger partial charge < -0.3 is 0 Å². The normalized spacial score (nSPS) is 10.7. The van der Waals surface area contributed by atoms with Crippen LogP contribution in [0.25, 0.3) is 11.0 Å². The Morgan fingerprint density at radius 1 is 1.15 bits per heavy atom. The highest BCUT2D eigenvalue weighted by Gasteiger charge is 2.04. The van der Waals surface area contributed by atoms with Gasteiger partial charge in [-0.25, -0.2) is 19.9 Å². The zero-order chi connectivity index (χ0) is 9.42. The zero-order valence-corrected chi connectivity index (χ0v) is 8.00. The molecule has 2 heterocycles. The van der Waals surface area contributed by atoms with E-state index in [2.05, 4.69) is 19.9 Å². The lowest BCUT2D eigenvalue weighted by molar-refractivity contribution is 1.05. The molecule has 13 heavy (non-hydrogen) atoms. The Labute approximate surface area is 80.0 Å². The van der Waals surface area contributed by atoms with Crippen LogP contribution in [0.3, 0.4) is 0 Å². The van der Waals surface area contributed by atoms with Gasteiger partial charge in [-0.05, 0) is 25.4 Å². The molecule has 4 nitrogen and oxygen atoms in total. The Morgan fingerprint density at radius 3 is 2.69 bits per heavy atom. The molecular weight excluding hydrogens is 188 g/mol. The summed E-state index contributed by atoms with van der Waals surface area (Å²) >= 11 is 5.69. The number of nitrogens with zero attached hydrogens (tertiary/aromatic N) is 4. The summed E-state index contributed by atoms with van der Waals surface area (Å²) in [6.07, 6.45) is 1.65. The Balaban J connectivity index is 2.87. The maximum absolute atomic E-state index is 5.69. The molecule has 0 aliphatic carbocycles. The van der Waals surface area contributed by atoms with Crippen LogP contribution in [-0.4, -0.2) is 19.9 Å². The molecule has 2 aromatic rings. The van der Waals surface area contributed by atoms with Crippen molar-refractivity contribution in [2.45, 2.75) is 13.8 Å². The van der Waals surface area contributed by atoms with Crippen LogP contribution in [0.4, 0.5) is 0 Å². The Bertz CT molecular complexity index is 469. The summed E-state index contributed by atoms with van der Waals surface area (Å²) in [5.74, 6) is 0.710. The van der Waals surface area contributed by atoms with Gasteiger partial charge in [0.25, 0.3) is 0 Å². The van der Waals surface area contributed by atoms with Crippen LogP contribution in [0.5, 0.6) is 0 Å². The SMILES string of the molecule is Cc1ncc2nc(Cl)nc(C)c2n1. The first-order valence-electron chi connectivity index (χ1n) is 3.80. The number of hydrogen-bond donors (Lipinski definition) is 0. The number of aryl methyl sites for hydroxylation is 2. The Kier molecular flexibility index (Phi) is 1.84. The van der Waals surface area contributed by atoms with E-state index in [1.165, 1.54) is 0 Å². The molecule has 0 amide bonds. The van der Waals surface area contributed by atoms with Crippen molar-refractivity contribution in [2.75, 3.05) is 0 Å². The molecule has 2 rings (SSSR count). The van der Waals surface area contributed by atoms with Gasteiger partial charge in [-0.2, -0.15) is 0 Å². The van der Waals surface area contributed by atoms with Crippen LogP contribution in [0, 0.1) is 13.8 Å². The summed E-state index contributed by atoms with van der Waals surface area (Å²) in [7, 11) is 0. The molecule has 0 aliphatic heterocycles. The second-order valence-electron chi connectivity index (χ2n) is 2.73. The number of fused-ring (bicyclic) bond motifs is 1. The second kappa shape index (κ2) is 2.88. The van der Waals surface area contributed by atoms with E-state index in [9.17, 15) is 0 Å². The molecule has 0 aromatic carbocycles. The predicted molar refractivity (Wildman–Crippen MR) is 49.6 cm³/mol. The Morgan fingerprint density at radius 2 is 1.92 bits per heavy atom. The van der Waals surface area contributed by atoms with Crippen LogP contribution in [0.1, 0.15) is 11.5 Å². The monoisotopic (exact) mass is 194 g/mol. The van der Waals surface area contributed by atoms with Gasteiger partial charge in [-0.15, -0.1) is 0 Å². The van der Waals surface area contributed by atoms with Crippen LogP contribution < -0.4 is 0 Å². The lowest BCUT2D eigenvalue weighted by Gasteiger charge is -2.00. The zero-order valence-electron chi connectivity index (χ0n) is 7.24. The molecule has 0 atom stereocenters. The lowest BCUT2D eigenvalue weighted by Crippen LogP contribution is -1.95. The molecule has 5 heteroatoms. The van der Waals surface area contributed by atoms with Crippen molar-refractivity contribution in [3.63, 3.8) is 0 Å². The van der Waals surface area contributed by atoms with E-state index in [0.717, 1.165) is 11.2 Å². The molecular formula is C8H7ClN4. The van der Waals surface area contributed by atoms with Gasteiger partial charge in [0.05, 0.1) is 11.9 Å². The van der Waals surface area contributed by atoms with Gasteiger partial charge in [0.1, 0.15) is 16.9 Å². The van der Waals surface area contributed by atoms with Crippen molar-refractivity contribution in [1.29, 1.82) is 0 Å².